The van der Waals surface area contributed by atoms with Crippen molar-refractivity contribution in [3.63, 3.8) is 0 Å². The van der Waals surface area contributed by atoms with Crippen molar-refractivity contribution in [3.8, 4) is 28.6 Å². The molecule has 0 saturated heterocycles. The van der Waals surface area contributed by atoms with E-state index in [1.54, 1.807) is 7.11 Å². The van der Waals surface area contributed by atoms with Crippen LogP contribution in [0.5, 0.6) is 17.2 Å². The van der Waals surface area contributed by atoms with Crippen molar-refractivity contribution in [2.24, 2.45) is 0 Å². The number of hydrogen-bond donors (Lipinski definition) is 1. The molecule has 6 nitrogen and oxygen atoms in total. The molecule has 7 heteroatoms. The van der Waals surface area contributed by atoms with Crippen LogP contribution in [0.3, 0.4) is 0 Å². The van der Waals surface area contributed by atoms with E-state index < -0.39 is 0 Å². The number of anilines is 1. The molecule has 21 heavy (non-hydrogen) atoms. The molecule has 0 fully saturated rings. The minimum atomic E-state index is 0.179. The normalized spacial score (nSPS) is 12.5. The Bertz CT molecular complexity index is 706. The van der Waals surface area contributed by atoms with E-state index in [2.05, 4.69) is 25.9 Å². The first-order valence-corrected chi connectivity index (χ1v) is 7.23. The highest BCUT2D eigenvalue weighted by atomic mass is 79.9. The standard InChI is InChI=1S/C14H14BrN3O3/c1-3-8-11(15)13(16)18-14(17-8)7-4-9(19-2)12-10(5-7)20-6-21-12/h4-5H,3,6H2,1-2H3,(H2,16,17,18). The molecule has 0 spiro atoms. The van der Waals surface area contributed by atoms with Gasteiger partial charge in [-0.1, -0.05) is 6.92 Å². The monoisotopic (exact) mass is 351 g/mol. The molecule has 110 valence electrons. The molecule has 2 aromatic rings. The second-order valence-corrected chi connectivity index (χ2v) is 5.25. The average molecular weight is 352 g/mol. The lowest BCUT2D eigenvalue weighted by Gasteiger charge is -2.10. The third-order valence-corrected chi connectivity index (χ3v) is 4.06. The Balaban J connectivity index is 2.15. The maximum atomic E-state index is 5.93. The molecular weight excluding hydrogens is 338 g/mol. The fourth-order valence-electron chi connectivity index (χ4n) is 2.14. The Morgan fingerprint density at radius 2 is 2.14 bits per heavy atom. The SMILES string of the molecule is CCc1nc(-c2cc(OC)c3c(c2)OCO3)nc(N)c1Br. The van der Waals surface area contributed by atoms with E-state index in [1.807, 2.05) is 19.1 Å². The number of aromatic nitrogens is 2. The number of rotatable bonds is 3. The van der Waals surface area contributed by atoms with Gasteiger partial charge in [0.25, 0.3) is 0 Å². The molecule has 1 aromatic heterocycles. The lowest BCUT2D eigenvalue weighted by Crippen LogP contribution is -2.02. The molecule has 1 aliphatic rings. The van der Waals surface area contributed by atoms with Crippen LogP contribution in [0.4, 0.5) is 5.82 Å². The summed E-state index contributed by atoms with van der Waals surface area (Å²) in [6.45, 7) is 2.19. The number of nitrogen functional groups attached to an aromatic ring is 1. The van der Waals surface area contributed by atoms with Crippen molar-refractivity contribution in [2.45, 2.75) is 13.3 Å². The molecule has 0 saturated carbocycles. The van der Waals surface area contributed by atoms with E-state index in [1.165, 1.54) is 0 Å². The molecule has 1 aromatic carbocycles. The third-order valence-electron chi connectivity index (χ3n) is 3.20. The lowest BCUT2D eigenvalue weighted by atomic mass is 10.1. The van der Waals surface area contributed by atoms with Crippen LogP contribution in [0.2, 0.25) is 0 Å². The van der Waals surface area contributed by atoms with Crippen LogP contribution < -0.4 is 19.9 Å². The maximum absolute atomic E-state index is 5.93. The first-order chi connectivity index (χ1) is 10.1. The van der Waals surface area contributed by atoms with Gasteiger partial charge in [0.1, 0.15) is 5.82 Å². The van der Waals surface area contributed by atoms with Gasteiger partial charge in [0.05, 0.1) is 17.3 Å². The molecule has 0 bridgehead atoms. The summed E-state index contributed by atoms with van der Waals surface area (Å²) in [5.74, 6) is 2.75. The number of fused-ring (bicyclic) bond motifs is 1. The molecule has 0 radical (unpaired) electrons. The summed E-state index contributed by atoms with van der Waals surface area (Å²) in [7, 11) is 1.58. The molecule has 2 N–H and O–H groups in total. The Morgan fingerprint density at radius 1 is 1.33 bits per heavy atom. The fraction of sp³-hybridized carbons (Fsp3) is 0.286. The first-order valence-electron chi connectivity index (χ1n) is 6.44. The zero-order valence-electron chi connectivity index (χ0n) is 11.6. The zero-order valence-corrected chi connectivity index (χ0v) is 13.2. The van der Waals surface area contributed by atoms with Gasteiger partial charge in [-0.05, 0) is 34.5 Å². The highest BCUT2D eigenvalue weighted by Crippen LogP contribution is 2.44. The maximum Gasteiger partial charge on any atom is 0.231 e. The van der Waals surface area contributed by atoms with Gasteiger partial charge in [0, 0.05) is 5.56 Å². The van der Waals surface area contributed by atoms with Crippen molar-refractivity contribution in [1.82, 2.24) is 9.97 Å². The first kappa shape index (κ1) is 13.9. The lowest BCUT2D eigenvalue weighted by molar-refractivity contribution is 0.171. The molecule has 0 unspecified atom stereocenters. The molecule has 2 heterocycles. The molecule has 1 aliphatic heterocycles. The van der Waals surface area contributed by atoms with Crippen molar-refractivity contribution in [2.75, 3.05) is 19.6 Å². The molecule has 3 rings (SSSR count). The summed E-state index contributed by atoms with van der Waals surface area (Å²) in [6, 6.07) is 3.64. The van der Waals surface area contributed by atoms with E-state index in [0.29, 0.717) is 28.9 Å². The number of nitrogens with two attached hydrogens (primary N) is 1. The summed E-state index contributed by atoms with van der Waals surface area (Å²) < 4.78 is 16.9. The van der Waals surface area contributed by atoms with Gasteiger partial charge >= 0.3 is 0 Å². The number of ether oxygens (including phenoxy) is 3. The number of methoxy groups -OCH3 is 1. The van der Waals surface area contributed by atoms with E-state index in [4.69, 9.17) is 19.9 Å². The van der Waals surface area contributed by atoms with Crippen LogP contribution in [-0.2, 0) is 6.42 Å². The number of hydrogen-bond acceptors (Lipinski definition) is 6. The predicted octanol–water partition coefficient (Wildman–Crippen LogP) is 2.79. The van der Waals surface area contributed by atoms with E-state index in [9.17, 15) is 0 Å². The molecular formula is C14H14BrN3O3. The minimum absolute atomic E-state index is 0.179. The van der Waals surface area contributed by atoms with E-state index in [-0.39, 0.29) is 6.79 Å². The van der Waals surface area contributed by atoms with Crippen molar-refractivity contribution in [3.05, 3.63) is 22.3 Å². The molecule has 0 amide bonds. The van der Waals surface area contributed by atoms with Crippen LogP contribution in [0.15, 0.2) is 16.6 Å². The molecule has 0 aliphatic carbocycles. The van der Waals surface area contributed by atoms with Gasteiger partial charge in [-0.25, -0.2) is 9.97 Å². The average Bonchev–Trinajstić information content (AvgIpc) is 2.97. The van der Waals surface area contributed by atoms with Gasteiger partial charge in [-0.2, -0.15) is 0 Å². The number of halogens is 1. The summed E-state index contributed by atoms with van der Waals surface area (Å²) in [6.07, 6.45) is 0.752. The Hall–Kier alpha value is -2.02. The Labute approximate surface area is 130 Å². The topological polar surface area (TPSA) is 79.5 Å². The predicted molar refractivity (Wildman–Crippen MR) is 81.6 cm³/mol. The zero-order chi connectivity index (χ0) is 15.0. The Morgan fingerprint density at radius 3 is 2.86 bits per heavy atom. The number of benzene rings is 1. The minimum Gasteiger partial charge on any atom is -0.493 e. The van der Waals surface area contributed by atoms with Crippen molar-refractivity contribution >= 4 is 21.7 Å². The summed E-state index contributed by atoms with van der Waals surface area (Å²) in [5, 5.41) is 0. The quantitative estimate of drug-likeness (QED) is 0.915. The van der Waals surface area contributed by atoms with E-state index in [0.717, 1.165) is 22.2 Å². The smallest absolute Gasteiger partial charge is 0.231 e. The highest BCUT2D eigenvalue weighted by Gasteiger charge is 2.22. The number of aryl methyl sites for hydroxylation is 1. The second-order valence-electron chi connectivity index (χ2n) is 4.46. The van der Waals surface area contributed by atoms with Gasteiger partial charge < -0.3 is 19.9 Å². The summed E-state index contributed by atoms with van der Waals surface area (Å²) in [5.41, 5.74) is 7.56. The highest BCUT2D eigenvalue weighted by molar-refractivity contribution is 9.10. The van der Waals surface area contributed by atoms with Crippen LogP contribution in [0.25, 0.3) is 11.4 Å². The van der Waals surface area contributed by atoms with Crippen LogP contribution in [-0.4, -0.2) is 23.9 Å². The van der Waals surface area contributed by atoms with Crippen LogP contribution >= 0.6 is 15.9 Å². The van der Waals surface area contributed by atoms with Gasteiger partial charge in [-0.15, -0.1) is 0 Å². The van der Waals surface area contributed by atoms with Crippen LogP contribution in [0.1, 0.15) is 12.6 Å². The molecule has 0 atom stereocenters. The van der Waals surface area contributed by atoms with Crippen LogP contribution in [0, 0.1) is 0 Å². The van der Waals surface area contributed by atoms with Gasteiger partial charge in [0.2, 0.25) is 12.5 Å². The summed E-state index contributed by atoms with van der Waals surface area (Å²) >= 11 is 3.41. The van der Waals surface area contributed by atoms with E-state index >= 15 is 0 Å². The van der Waals surface area contributed by atoms with Gasteiger partial charge in [-0.3, -0.25) is 0 Å². The second kappa shape index (κ2) is 5.40. The number of nitrogens with zero attached hydrogens (tertiary/aromatic N) is 2. The largest absolute Gasteiger partial charge is 0.493 e. The summed E-state index contributed by atoms with van der Waals surface area (Å²) in [4.78, 5) is 8.85. The Kier molecular flexibility index (Phi) is 3.59. The van der Waals surface area contributed by atoms with Crippen molar-refractivity contribution < 1.29 is 14.2 Å². The third kappa shape index (κ3) is 2.37. The van der Waals surface area contributed by atoms with Crippen molar-refractivity contribution in [1.29, 1.82) is 0 Å². The van der Waals surface area contributed by atoms with Gasteiger partial charge in [0.15, 0.2) is 17.3 Å². The fourth-order valence-corrected chi connectivity index (χ4v) is 2.59.